The molecular formula is C11H9O3+. The van der Waals surface area contributed by atoms with Crippen LogP contribution in [0, 0.1) is 0 Å². The average Bonchev–Trinajstić information content (AvgIpc) is 2.16. The van der Waals surface area contributed by atoms with Gasteiger partial charge < -0.3 is 10.2 Å². The van der Waals surface area contributed by atoms with Gasteiger partial charge in [-0.2, -0.15) is 0 Å². The minimum absolute atomic E-state index is 0.0451. The van der Waals surface area contributed by atoms with Crippen LogP contribution >= 0.6 is 0 Å². The summed E-state index contributed by atoms with van der Waals surface area (Å²) in [5.74, 6) is -1.00. The molecule has 0 saturated carbocycles. The van der Waals surface area contributed by atoms with Crippen LogP contribution in [-0.4, -0.2) is 16.2 Å². The highest BCUT2D eigenvalue weighted by molar-refractivity contribution is 5.97. The molecule has 0 aliphatic carbocycles. The van der Waals surface area contributed by atoms with Crippen LogP contribution in [0.25, 0.3) is 10.8 Å². The van der Waals surface area contributed by atoms with Crippen LogP contribution in [0.15, 0.2) is 36.4 Å². The van der Waals surface area contributed by atoms with Crippen LogP contribution in [0.5, 0.6) is 5.75 Å². The summed E-state index contributed by atoms with van der Waals surface area (Å²) in [4.78, 5) is 10.7. The smallest absolute Gasteiger partial charge is 0.345 e. The van der Waals surface area contributed by atoms with E-state index in [0.29, 0.717) is 0 Å². The molecule has 0 unspecified atom stereocenters. The Bertz CT molecular complexity index is 503. The van der Waals surface area contributed by atoms with E-state index in [9.17, 15) is 4.79 Å². The van der Waals surface area contributed by atoms with Crippen LogP contribution in [0.4, 0.5) is 0 Å². The van der Waals surface area contributed by atoms with Gasteiger partial charge >= 0.3 is 5.97 Å². The van der Waals surface area contributed by atoms with Gasteiger partial charge in [0.1, 0.15) is 0 Å². The number of carboxylic acids is 1. The predicted molar refractivity (Wildman–Crippen MR) is 54.0 cm³/mol. The zero-order valence-electron chi connectivity index (χ0n) is 7.32. The van der Waals surface area contributed by atoms with E-state index in [-0.39, 0.29) is 11.3 Å². The molecule has 0 heterocycles. The number of rotatable bonds is 1. The van der Waals surface area contributed by atoms with Gasteiger partial charge in [0.2, 0.25) is 0 Å². The fourth-order valence-corrected chi connectivity index (χ4v) is 1.42. The second-order valence-electron chi connectivity index (χ2n) is 3.05. The number of fused-ring (bicyclic) bond motifs is 1. The van der Waals surface area contributed by atoms with Gasteiger partial charge in [0.25, 0.3) is 5.75 Å². The molecule has 0 aromatic heterocycles. The highest BCUT2D eigenvalue weighted by Crippen LogP contribution is 2.24. The Balaban J connectivity index is 2.77. The molecule has 3 nitrogen and oxygen atoms in total. The molecule has 3 heteroatoms. The van der Waals surface area contributed by atoms with E-state index in [2.05, 4.69) is 0 Å². The lowest BCUT2D eigenvalue weighted by molar-refractivity contribution is 0.0694. The van der Waals surface area contributed by atoms with Gasteiger partial charge in [-0.1, -0.05) is 24.3 Å². The van der Waals surface area contributed by atoms with Crippen molar-refractivity contribution in [2.45, 2.75) is 0 Å². The van der Waals surface area contributed by atoms with E-state index >= 15 is 0 Å². The Kier molecular flexibility index (Phi) is 1.85. The van der Waals surface area contributed by atoms with E-state index in [1.807, 2.05) is 24.3 Å². The third-order valence-electron chi connectivity index (χ3n) is 2.12. The van der Waals surface area contributed by atoms with Gasteiger partial charge in [0.05, 0.1) is 0 Å². The molecule has 0 saturated heterocycles. The molecule has 0 spiro atoms. The summed E-state index contributed by atoms with van der Waals surface area (Å²) in [7, 11) is 0. The van der Waals surface area contributed by atoms with Gasteiger partial charge in [-0.3, -0.25) is 0 Å². The third-order valence-corrected chi connectivity index (χ3v) is 2.12. The van der Waals surface area contributed by atoms with Crippen molar-refractivity contribution < 1.29 is 15.0 Å². The molecule has 2 rings (SSSR count). The van der Waals surface area contributed by atoms with Crippen molar-refractivity contribution >= 4 is 16.7 Å². The van der Waals surface area contributed by atoms with E-state index in [0.717, 1.165) is 10.8 Å². The SMILES string of the molecule is O=C(O)c1cc2ccccc2cc1[OH2+]. The Morgan fingerprint density at radius 2 is 1.71 bits per heavy atom. The summed E-state index contributed by atoms with van der Waals surface area (Å²) in [5, 5.41) is 18.0. The maximum absolute atomic E-state index is 10.7. The number of carboxylic acid groups (broad SMARTS) is 1. The fraction of sp³-hybridized carbons (Fsp3) is 0. The summed E-state index contributed by atoms with van der Waals surface area (Å²) in [6.45, 7) is 0. The molecular weight excluding hydrogens is 180 g/mol. The minimum atomic E-state index is -1.05. The number of aromatic carboxylic acids is 1. The number of benzene rings is 2. The summed E-state index contributed by atoms with van der Waals surface area (Å²) < 4.78 is 0. The fourth-order valence-electron chi connectivity index (χ4n) is 1.42. The molecule has 3 N–H and O–H groups in total. The summed E-state index contributed by atoms with van der Waals surface area (Å²) in [6.07, 6.45) is 0. The highest BCUT2D eigenvalue weighted by atomic mass is 16.4. The van der Waals surface area contributed by atoms with Crippen molar-refractivity contribution in [2.24, 2.45) is 0 Å². The van der Waals surface area contributed by atoms with E-state index in [1.165, 1.54) is 6.07 Å². The lowest BCUT2D eigenvalue weighted by Gasteiger charge is -1.99. The number of hydrogen-bond acceptors (Lipinski definition) is 1. The first-order valence-corrected chi connectivity index (χ1v) is 4.16. The second kappa shape index (κ2) is 3.03. The average molecular weight is 189 g/mol. The van der Waals surface area contributed by atoms with Crippen molar-refractivity contribution in [2.75, 3.05) is 0 Å². The number of hydrogen-bond donors (Lipinski definition) is 1. The van der Waals surface area contributed by atoms with E-state index in [1.54, 1.807) is 6.07 Å². The van der Waals surface area contributed by atoms with Gasteiger partial charge in [0, 0.05) is 6.07 Å². The largest absolute Gasteiger partial charge is 0.593 e. The first kappa shape index (κ1) is 8.56. The molecule has 0 fully saturated rings. The standard InChI is InChI=1S/C11H8O3/c12-10-6-8-4-2-1-3-7(8)5-9(10)11(13)14/h1-6,12H,(H,13,14)/p+1. The zero-order valence-corrected chi connectivity index (χ0v) is 7.32. The molecule has 2 aromatic rings. The van der Waals surface area contributed by atoms with Gasteiger partial charge in [-0.05, 0) is 16.8 Å². The molecule has 14 heavy (non-hydrogen) atoms. The molecule has 70 valence electrons. The summed E-state index contributed by atoms with van der Waals surface area (Å²) >= 11 is 0. The molecule has 0 aliphatic rings. The monoisotopic (exact) mass is 189 g/mol. The predicted octanol–water partition coefficient (Wildman–Crippen LogP) is 1.98. The Morgan fingerprint density at radius 1 is 1.14 bits per heavy atom. The van der Waals surface area contributed by atoms with Gasteiger partial charge in [0.15, 0.2) is 5.56 Å². The maximum atomic E-state index is 10.7. The lowest BCUT2D eigenvalue weighted by Crippen LogP contribution is -1.96. The first-order chi connectivity index (χ1) is 6.68. The quantitative estimate of drug-likeness (QED) is 0.697. The van der Waals surface area contributed by atoms with Crippen LogP contribution in [-0.2, 0) is 0 Å². The molecule has 0 amide bonds. The van der Waals surface area contributed by atoms with Crippen molar-refractivity contribution in [3.8, 4) is 5.75 Å². The molecule has 0 bridgehead atoms. The van der Waals surface area contributed by atoms with Crippen molar-refractivity contribution in [1.82, 2.24) is 0 Å². The van der Waals surface area contributed by atoms with Gasteiger partial charge in [-0.25, -0.2) is 4.79 Å². The maximum Gasteiger partial charge on any atom is 0.345 e. The van der Waals surface area contributed by atoms with Crippen LogP contribution in [0.1, 0.15) is 10.4 Å². The number of carbonyl (C=O) groups is 1. The summed E-state index contributed by atoms with van der Waals surface area (Å²) in [6, 6.07) is 10.5. The van der Waals surface area contributed by atoms with Crippen LogP contribution in [0.2, 0.25) is 0 Å². The molecule has 0 radical (unpaired) electrons. The van der Waals surface area contributed by atoms with Crippen molar-refractivity contribution in [3.63, 3.8) is 0 Å². The third kappa shape index (κ3) is 1.29. The first-order valence-electron chi connectivity index (χ1n) is 4.16. The van der Waals surface area contributed by atoms with Gasteiger partial charge in [-0.15, -0.1) is 0 Å². The molecule has 2 aromatic carbocycles. The van der Waals surface area contributed by atoms with E-state index < -0.39 is 5.97 Å². The highest BCUT2D eigenvalue weighted by Gasteiger charge is 2.13. The normalized spacial score (nSPS) is 10.3. The molecule has 0 aliphatic heterocycles. The van der Waals surface area contributed by atoms with Crippen molar-refractivity contribution in [3.05, 3.63) is 42.0 Å². The summed E-state index contributed by atoms with van der Waals surface area (Å²) in [5.41, 5.74) is 0.0451. The Labute approximate surface area is 80.2 Å². The van der Waals surface area contributed by atoms with E-state index in [4.69, 9.17) is 10.2 Å². The second-order valence-corrected chi connectivity index (χ2v) is 3.05. The van der Waals surface area contributed by atoms with Crippen LogP contribution in [0.3, 0.4) is 0 Å². The molecule has 0 atom stereocenters. The zero-order chi connectivity index (χ0) is 10.1. The lowest BCUT2D eigenvalue weighted by atomic mass is 10.1. The Morgan fingerprint density at radius 3 is 2.29 bits per heavy atom. The Hall–Kier alpha value is -2.03. The minimum Gasteiger partial charge on any atom is -0.593 e. The van der Waals surface area contributed by atoms with Crippen LogP contribution < -0.4 is 0 Å². The topological polar surface area (TPSA) is 60.2 Å². The van der Waals surface area contributed by atoms with Crippen molar-refractivity contribution in [1.29, 1.82) is 0 Å².